The van der Waals surface area contributed by atoms with Crippen LogP contribution in [0.1, 0.15) is 57.6 Å². The lowest BCUT2D eigenvalue weighted by Crippen LogP contribution is -2.66. The molecule has 176 valence electrons. The van der Waals surface area contributed by atoms with Gasteiger partial charge in [0.1, 0.15) is 5.60 Å². The molecule has 4 bridgehead atoms. The van der Waals surface area contributed by atoms with E-state index in [0.717, 1.165) is 25.0 Å². The first-order chi connectivity index (χ1) is 14.8. The number of rotatable bonds is 6. The summed E-state index contributed by atoms with van der Waals surface area (Å²) in [7, 11) is 0. The SMILES string of the molecule is C[C@@H]1C2CC3CC1(C(N)=O)CC(C2)C3NC(=O)C(C)(C)OCc1ccc(C(F)(F)F)cc1. The molecular formula is C24H31F3N2O3. The van der Waals surface area contributed by atoms with Crippen LogP contribution in [0.2, 0.25) is 0 Å². The molecule has 0 saturated heterocycles. The third kappa shape index (κ3) is 3.91. The lowest BCUT2D eigenvalue weighted by Gasteiger charge is -2.62. The fraction of sp³-hybridized carbons (Fsp3) is 0.667. The minimum Gasteiger partial charge on any atom is -0.369 e. The number of nitrogens with one attached hydrogen (secondary N) is 1. The van der Waals surface area contributed by atoms with Gasteiger partial charge in [-0.05, 0) is 80.9 Å². The monoisotopic (exact) mass is 452 g/mol. The fourth-order valence-electron chi connectivity index (χ4n) is 6.33. The minimum absolute atomic E-state index is 0.00679. The summed E-state index contributed by atoms with van der Waals surface area (Å²) in [5, 5.41) is 3.17. The molecule has 0 aromatic heterocycles. The molecule has 3 atom stereocenters. The van der Waals surface area contributed by atoms with Crippen molar-refractivity contribution in [2.75, 3.05) is 0 Å². The maximum atomic E-state index is 13.1. The average molecular weight is 453 g/mol. The molecule has 3 N–H and O–H groups in total. The van der Waals surface area contributed by atoms with Gasteiger partial charge in [-0.1, -0.05) is 19.1 Å². The molecule has 4 saturated carbocycles. The van der Waals surface area contributed by atoms with Gasteiger partial charge in [0.15, 0.2) is 0 Å². The molecule has 5 nitrogen and oxygen atoms in total. The molecule has 4 aliphatic rings. The summed E-state index contributed by atoms with van der Waals surface area (Å²) in [6.45, 7) is 5.49. The standard InChI is InChI=1S/C24H31F3N2O3/c1-13-15-8-16-10-23(13,20(28)30)11-17(9-15)19(16)29-21(31)22(2,3)32-12-14-4-6-18(7-5-14)24(25,26)27/h4-7,13,15-17,19H,8-12H2,1-3H3,(H2,28,30)(H,29,31)/t13-,15?,16?,17?,19?,23?/m1/s1. The maximum absolute atomic E-state index is 13.1. The molecule has 0 spiro atoms. The molecule has 2 amide bonds. The number of benzene rings is 1. The Morgan fingerprint density at radius 1 is 1.09 bits per heavy atom. The van der Waals surface area contributed by atoms with Crippen molar-refractivity contribution in [3.8, 4) is 0 Å². The molecule has 2 unspecified atom stereocenters. The van der Waals surface area contributed by atoms with Crippen LogP contribution < -0.4 is 11.1 Å². The van der Waals surface area contributed by atoms with Crippen LogP contribution in [0.4, 0.5) is 13.2 Å². The Kier molecular flexibility index (Phi) is 5.59. The second kappa shape index (κ2) is 7.75. The Morgan fingerprint density at radius 2 is 1.66 bits per heavy atom. The first-order valence-corrected chi connectivity index (χ1v) is 11.2. The van der Waals surface area contributed by atoms with Crippen molar-refractivity contribution in [2.24, 2.45) is 34.8 Å². The van der Waals surface area contributed by atoms with Gasteiger partial charge in [-0.2, -0.15) is 13.2 Å². The predicted molar refractivity (Wildman–Crippen MR) is 112 cm³/mol. The van der Waals surface area contributed by atoms with E-state index in [1.807, 2.05) is 0 Å². The Bertz CT molecular complexity index is 881. The number of halogens is 3. The Morgan fingerprint density at radius 3 is 2.16 bits per heavy atom. The van der Waals surface area contributed by atoms with Crippen molar-refractivity contribution >= 4 is 11.8 Å². The van der Waals surface area contributed by atoms with E-state index in [9.17, 15) is 22.8 Å². The molecule has 32 heavy (non-hydrogen) atoms. The molecular weight excluding hydrogens is 421 g/mol. The summed E-state index contributed by atoms with van der Waals surface area (Å²) in [6.07, 6.45) is -0.973. The highest BCUT2D eigenvalue weighted by molar-refractivity contribution is 5.85. The average Bonchev–Trinajstić information content (AvgIpc) is 2.70. The quantitative estimate of drug-likeness (QED) is 0.684. The van der Waals surface area contributed by atoms with Gasteiger partial charge in [-0.15, -0.1) is 0 Å². The van der Waals surface area contributed by atoms with Crippen LogP contribution in [0, 0.1) is 29.1 Å². The van der Waals surface area contributed by atoms with E-state index in [1.54, 1.807) is 13.8 Å². The Labute approximate surface area is 186 Å². The molecule has 0 radical (unpaired) electrons. The Hall–Kier alpha value is -2.09. The van der Waals surface area contributed by atoms with E-state index in [-0.39, 0.29) is 42.2 Å². The number of carbonyl (C=O) groups is 2. The summed E-state index contributed by atoms with van der Waals surface area (Å²) in [6, 6.07) is 4.73. The summed E-state index contributed by atoms with van der Waals surface area (Å²) < 4.78 is 44.0. The van der Waals surface area contributed by atoms with E-state index in [0.29, 0.717) is 24.3 Å². The van der Waals surface area contributed by atoms with Crippen LogP contribution in [-0.2, 0) is 27.1 Å². The van der Waals surface area contributed by atoms with Crippen molar-refractivity contribution < 1.29 is 27.5 Å². The maximum Gasteiger partial charge on any atom is 0.416 e. The third-order valence-electron chi connectivity index (χ3n) is 8.27. The lowest BCUT2D eigenvalue weighted by molar-refractivity contribution is -0.164. The van der Waals surface area contributed by atoms with Crippen LogP contribution >= 0.6 is 0 Å². The van der Waals surface area contributed by atoms with Crippen molar-refractivity contribution in [3.63, 3.8) is 0 Å². The van der Waals surface area contributed by atoms with Gasteiger partial charge in [0.25, 0.3) is 5.91 Å². The summed E-state index contributed by atoms with van der Waals surface area (Å²) in [5.41, 5.74) is 4.06. The second-order valence-electron chi connectivity index (χ2n) is 10.5. The fourth-order valence-corrected chi connectivity index (χ4v) is 6.33. The van der Waals surface area contributed by atoms with Crippen LogP contribution in [0.15, 0.2) is 24.3 Å². The number of nitrogens with two attached hydrogens (primary N) is 1. The summed E-state index contributed by atoms with van der Waals surface area (Å²) in [4.78, 5) is 25.4. The molecule has 4 aliphatic carbocycles. The molecule has 5 rings (SSSR count). The highest BCUT2D eigenvalue weighted by atomic mass is 19.4. The van der Waals surface area contributed by atoms with E-state index in [2.05, 4.69) is 12.2 Å². The first-order valence-electron chi connectivity index (χ1n) is 11.2. The number of hydrogen-bond donors (Lipinski definition) is 2. The zero-order valence-electron chi connectivity index (χ0n) is 18.7. The van der Waals surface area contributed by atoms with Gasteiger partial charge < -0.3 is 15.8 Å². The van der Waals surface area contributed by atoms with Crippen LogP contribution in [-0.4, -0.2) is 23.5 Å². The molecule has 8 heteroatoms. The zero-order chi connectivity index (χ0) is 23.5. The van der Waals surface area contributed by atoms with Gasteiger partial charge in [-0.25, -0.2) is 0 Å². The summed E-state index contributed by atoms with van der Waals surface area (Å²) in [5.74, 6) is 0.749. The van der Waals surface area contributed by atoms with Gasteiger partial charge in [0.2, 0.25) is 5.91 Å². The lowest BCUT2D eigenvalue weighted by atomic mass is 9.44. The number of alkyl halides is 3. The van der Waals surface area contributed by atoms with Crippen molar-refractivity contribution in [2.45, 2.75) is 70.9 Å². The number of amides is 2. The van der Waals surface area contributed by atoms with E-state index < -0.39 is 22.8 Å². The number of primary amides is 1. The van der Waals surface area contributed by atoms with E-state index in [1.165, 1.54) is 12.1 Å². The topological polar surface area (TPSA) is 81.4 Å². The highest BCUT2D eigenvalue weighted by Crippen LogP contribution is 2.62. The van der Waals surface area contributed by atoms with Crippen molar-refractivity contribution in [1.29, 1.82) is 0 Å². The van der Waals surface area contributed by atoms with Crippen LogP contribution in [0.25, 0.3) is 0 Å². The Balaban J connectivity index is 1.38. The molecule has 1 aromatic carbocycles. The number of hydrogen-bond acceptors (Lipinski definition) is 3. The van der Waals surface area contributed by atoms with Crippen LogP contribution in [0.5, 0.6) is 0 Å². The van der Waals surface area contributed by atoms with Gasteiger partial charge >= 0.3 is 6.18 Å². The minimum atomic E-state index is -4.39. The van der Waals surface area contributed by atoms with E-state index >= 15 is 0 Å². The van der Waals surface area contributed by atoms with Gasteiger partial charge in [0, 0.05) is 6.04 Å². The van der Waals surface area contributed by atoms with Crippen LogP contribution in [0.3, 0.4) is 0 Å². The van der Waals surface area contributed by atoms with E-state index in [4.69, 9.17) is 10.5 Å². The van der Waals surface area contributed by atoms with Crippen molar-refractivity contribution in [3.05, 3.63) is 35.4 Å². The highest BCUT2D eigenvalue weighted by Gasteiger charge is 2.61. The predicted octanol–water partition coefficient (Wildman–Crippen LogP) is 4.04. The normalized spacial score (nSPS) is 33.9. The number of carbonyl (C=O) groups excluding carboxylic acids is 2. The van der Waals surface area contributed by atoms with Gasteiger partial charge in [0.05, 0.1) is 17.6 Å². The molecule has 4 fully saturated rings. The van der Waals surface area contributed by atoms with Crippen molar-refractivity contribution in [1.82, 2.24) is 5.32 Å². The zero-order valence-corrected chi connectivity index (χ0v) is 18.7. The summed E-state index contributed by atoms with van der Waals surface area (Å²) >= 11 is 0. The number of ether oxygens (including phenoxy) is 1. The molecule has 0 aliphatic heterocycles. The third-order valence-corrected chi connectivity index (χ3v) is 8.27. The molecule has 1 aromatic rings. The molecule has 0 heterocycles. The first kappa shape index (κ1) is 23.1. The largest absolute Gasteiger partial charge is 0.416 e. The smallest absolute Gasteiger partial charge is 0.369 e. The second-order valence-corrected chi connectivity index (χ2v) is 10.5. The van der Waals surface area contributed by atoms with Gasteiger partial charge in [-0.3, -0.25) is 9.59 Å².